The third-order valence-electron chi connectivity index (χ3n) is 2.93. The molecule has 0 aromatic heterocycles. The van der Waals surface area contributed by atoms with Crippen molar-refractivity contribution in [2.75, 3.05) is 33.3 Å². The molecule has 1 heterocycles. The molecule has 6 nitrogen and oxygen atoms in total. The van der Waals surface area contributed by atoms with Crippen molar-refractivity contribution in [1.82, 2.24) is 9.80 Å². The van der Waals surface area contributed by atoms with E-state index in [1.807, 2.05) is 6.92 Å². The highest BCUT2D eigenvalue weighted by molar-refractivity contribution is 6.35. The number of hydrogen-bond donors (Lipinski definition) is 0. The van der Waals surface area contributed by atoms with Crippen LogP contribution in [0.2, 0.25) is 0 Å². The SMILES string of the molecule is CCCN1CCN(CCCC(=O)OC)C(=O)C1=O. The largest absolute Gasteiger partial charge is 0.469 e. The lowest BCUT2D eigenvalue weighted by Crippen LogP contribution is -2.54. The Morgan fingerprint density at radius 1 is 1.17 bits per heavy atom. The molecule has 0 aromatic rings. The maximum absolute atomic E-state index is 11.8. The molecule has 1 rings (SSSR count). The van der Waals surface area contributed by atoms with Gasteiger partial charge in [0.25, 0.3) is 0 Å². The number of nitrogens with zero attached hydrogens (tertiary/aromatic N) is 2. The molecule has 1 aliphatic heterocycles. The van der Waals surface area contributed by atoms with Crippen LogP contribution in [0.4, 0.5) is 0 Å². The fraction of sp³-hybridized carbons (Fsp3) is 0.750. The molecule has 2 amide bonds. The molecular formula is C12H20N2O4. The molecule has 102 valence electrons. The summed E-state index contributed by atoms with van der Waals surface area (Å²) in [7, 11) is 1.33. The highest BCUT2D eigenvalue weighted by Crippen LogP contribution is 2.07. The van der Waals surface area contributed by atoms with Crippen molar-refractivity contribution in [2.24, 2.45) is 0 Å². The van der Waals surface area contributed by atoms with Gasteiger partial charge in [0.15, 0.2) is 0 Å². The molecule has 0 aliphatic carbocycles. The van der Waals surface area contributed by atoms with E-state index < -0.39 is 11.8 Å². The van der Waals surface area contributed by atoms with Crippen molar-refractivity contribution in [3.05, 3.63) is 0 Å². The molecule has 1 saturated heterocycles. The van der Waals surface area contributed by atoms with Crippen molar-refractivity contribution in [3.63, 3.8) is 0 Å². The number of esters is 1. The first-order valence-corrected chi connectivity index (χ1v) is 6.25. The molecule has 0 atom stereocenters. The lowest BCUT2D eigenvalue weighted by Gasteiger charge is -2.33. The predicted octanol–water partition coefficient (Wildman–Crippen LogP) is 0.0204. The Balaban J connectivity index is 2.39. The first kappa shape index (κ1) is 14.5. The fourth-order valence-corrected chi connectivity index (χ4v) is 1.93. The van der Waals surface area contributed by atoms with Crippen LogP contribution in [0.3, 0.4) is 0 Å². The second-order valence-electron chi connectivity index (χ2n) is 4.26. The van der Waals surface area contributed by atoms with Crippen molar-refractivity contribution in [2.45, 2.75) is 26.2 Å². The van der Waals surface area contributed by atoms with Gasteiger partial charge in [0, 0.05) is 32.6 Å². The van der Waals surface area contributed by atoms with E-state index in [2.05, 4.69) is 4.74 Å². The molecule has 6 heteroatoms. The molecule has 0 saturated carbocycles. The maximum atomic E-state index is 11.8. The molecule has 0 spiro atoms. The van der Waals surface area contributed by atoms with Gasteiger partial charge in [-0.05, 0) is 12.8 Å². The summed E-state index contributed by atoms with van der Waals surface area (Å²) >= 11 is 0. The van der Waals surface area contributed by atoms with Crippen LogP contribution in [0.5, 0.6) is 0 Å². The van der Waals surface area contributed by atoms with Crippen LogP contribution in [0.15, 0.2) is 0 Å². The van der Waals surface area contributed by atoms with Gasteiger partial charge in [-0.15, -0.1) is 0 Å². The summed E-state index contributed by atoms with van der Waals surface area (Å²) < 4.78 is 4.52. The van der Waals surface area contributed by atoms with Crippen molar-refractivity contribution in [1.29, 1.82) is 0 Å². The van der Waals surface area contributed by atoms with E-state index in [0.717, 1.165) is 6.42 Å². The Hall–Kier alpha value is -1.59. The molecular weight excluding hydrogens is 236 g/mol. The van der Waals surface area contributed by atoms with E-state index in [1.165, 1.54) is 12.0 Å². The zero-order valence-corrected chi connectivity index (χ0v) is 11.0. The van der Waals surface area contributed by atoms with Gasteiger partial charge in [-0.3, -0.25) is 14.4 Å². The minimum absolute atomic E-state index is 0.271. The maximum Gasteiger partial charge on any atom is 0.312 e. The van der Waals surface area contributed by atoms with Crippen molar-refractivity contribution in [3.8, 4) is 0 Å². The van der Waals surface area contributed by atoms with Crippen LogP contribution >= 0.6 is 0 Å². The predicted molar refractivity (Wildman–Crippen MR) is 64.7 cm³/mol. The van der Waals surface area contributed by atoms with Gasteiger partial charge in [-0.25, -0.2) is 0 Å². The summed E-state index contributed by atoms with van der Waals surface area (Å²) in [6, 6.07) is 0. The Labute approximate surface area is 107 Å². The first-order chi connectivity index (χ1) is 8.60. The quantitative estimate of drug-likeness (QED) is 0.496. The lowest BCUT2D eigenvalue weighted by molar-refractivity contribution is -0.156. The summed E-state index contributed by atoms with van der Waals surface area (Å²) in [6.07, 6.45) is 1.65. The average molecular weight is 256 g/mol. The number of hydrogen-bond acceptors (Lipinski definition) is 4. The lowest BCUT2D eigenvalue weighted by atomic mass is 10.2. The highest BCUT2D eigenvalue weighted by Gasteiger charge is 2.31. The van der Waals surface area contributed by atoms with Gasteiger partial charge < -0.3 is 14.5 Å². The number of piperazine rings is 1. The first-order valence-electron chi connectivity index (χ1n) is 6.25. The Bertz CT molecular complexity index is 330. The van der Waals surface area contributed by atoms with Crippen LogP contribution < -0.4 is 0 Å². The smallest absolute Gasteiger partial charge is 0.312 e. The zero-order valence-electron chi connectivity index (χ0n) is 11.0. The van der Waals surface area contributed by atoms with Gasteiger partial charge in [-0.2, -0.15) is 0 Å². The molecule has 0 unspecified atom stereocenters. The van der Waals surface area contributed by atoms with Crippen LogP contribution in [0.25, 0.3) is 0 Å². The summed E-state index contributed by atoms with van der Waals surface area (Å²) in [6.45, 7) is 4.16. The van der Waals surface area contributed by atoms with Crippen molar-refractivity contribution < 1.29 is 19.1 Å². The van der Waals surface area contributed by atoms with Crippen molar-refractivity contribution >= 4 is 17.8 Å². The number of carbonyl (C=O) groups is 3. The molecule has 0 bridgehead atoms. The van der Waals surface area contributed by atoms with Crippen LogP contribution in [-0.4, -0.2) is 60.9 Å². The summed E-state index contributed by atoms with van der Waals surface area (Å²) in [5.74, 6) is -1.18. The van der Waals surface area contributed by atoms with Gasteiger partial charge >= 0.3 is 17.8 Å². The Kier molecular flexibility index (Phi) is 5.61. The van der Waals surface area contributed by atoms with Gasteiger partial charge in [0.05, 0.1) is 7.11 Å². The average Bonchev–Trinajstić information content (AvgIpc) is 2.37. The number of ether oxygens (including phenoxy) is 1. The molecule has 1 aliphatic rings. The highest BCUT2D eigenvalue weighted by atomic mass is 16.5. The van der Waals surface area contributed by atoms with Gasteiger partial charge in [0.1, 0.15) is 0 Å². The van der Waals surface area contributed by atoms with Crippen LogP contribution in [0, 0.1) is 0 Å². The van der Waals surface area contributed by atoms with E-state index in [-0.39, 0.29) is 12.4 Å². The van der Waals surface area contributed by atoms with E-state index in [9.17, 15) is 14.4 Å². The van der Waals surface area contributed by atoms with E-state index in [0.29, 0.717) is 32.6 Å². The number of amides is 2. The normalized spacial score (nSPS) is 16.1. The Morgan fingerprint density at radius 2 is 1.72 bits per heavy atom. The second-order valence-corrected chi connectivity index (χ2v) is 4.26. The fourth-order valence-electron chi connectivity index (χ4n) is 1.93. The minimum Gasteiger partial charge on any atom is -0.469 e. The topological polar surface area (TPSA) is 66.9 Å². The second kappa shape index (κ2) is 6.98. The zero-order chi connectivity index (χ0) is 13.5. The minimum atomic E-state index is -0.459. The third kappa shape index (κ3) is 3.72. The monoisotopic (exact) mass is 256 g/mol. The van der Waals surface area contributed by atoms with Crippen LogP contribution in [0.1, 0.15) is 26.2 Å². The molecule has 18 heavy (non-hydrogen) atoms. The van der Waals surface area contributed by atoms with E-state index >= 15 is 0 Å². The molecule has 0 aromatic carbocycles. The standard InChI is InChI=1S/C12H20N2O4/c1-3-6-13-8-9-14(12(17)11(13)16)7-4-5-10(15)18-2/h3-9H2,1-2H3. The van der Waals surface area contributed by atoms with Gasteiger partial charge in [0.2, 0.25) is 0 Å². The number of rotatable bonds is 6. The molecule has 0 N–H and O–H groups in total. The molecule has 0 radical (unpaired) electrons. The number of methoxy groups -OCH3 is 1. The molecule has 1 fully saturated rings. The van der Waals surface area contributed by atoms with Crippen LogP contribution in [-0.2, 0) is 19.1 Å². The summed E-state index contributed by atoms with van der Waals surface area (Å²) in [4.78, 5) is 37.5. The summed E-state index contributed by atoms with van der Waals surface area (Å²) in [5.41, 5.74) is 0. The summed E-state index contributed by atoms with van der Waals surface area (Å²) in [5, 5.41) is 0. The van der Waals surface area contributed by atoms with Gasteiger partial charge in [-0.1, -0.05) is 6.92 Å². The number of carbonyl (C=O) groups excluding carboxylic acids is 3. The van der Waals surface area contributed by atoms with E-state index in [1.54, 1.807) is 4.90 Å². The van der Waals surface area contributed by atoms with E-state index in [4.69, 9.17) is 0 Å². The Morgan fingerprint density at radius 3 is 2.22 bits per heavy atom. The third-order valence-corrected chi connectivity index (χ3v) is 2.93.